The zero-order valence-corrected chi connectivity index (χ0v) is 24.3. The van der Waals surface area contributed by atoms with Crippen molar-refractivity contribution in [2.24, 2.45) is 38.9 Å². The summed E-state index contributed by atoms with van der Waals surface area (Å²) in [7, 11) is 0. The average molecular weight is 459 g/mol. The first kappa shape index (κ1) is 26.9. The first-order chi connectivity index (χ1) is 14.9. The van der Waals surface area contributed by atoms with E-state index < -0.39 is 0 Å². The van der Waals surface area contributed by atoms with Gasteiger partial charge in [0.25, 0.3) is 0 Å². The smallest absolute Gasteiger partial charge is 0.0920 e. The molecule has 3 unspecified atom stereocenters. The molecule has 2 nitrogen and oxygen atoms in total. The largest absolute Gasteiger partial charge is 0.367 e. The second-order valence-electron chi connectivity index (χ2n) is 15.4. The Labute approximate surface area is 207 Å². The molecule has 33 heavy (non-hydrogen) atoms. The van der Waals surface area contributed by atoms with Crippen molar-refractivity contribution >= 4 is 0 Å². The molecule has 0 aromatic heterocycles. The lowest BCUT2D eigenvalue weighted by atomic mass is 9.34. The molecular weight excluding hydrogens is 400 g/mol. The summed E-state index contributed by atoms with van der Waals surface area (Å²) in [6.07, 6.45) is 12.3. The van der Waals surface area contributed by atoms with Gasteiger partial charge < -0.3 is 10.6 Å². The van der Waals surface area contributed by atoms with Crippen molar-refractivity contribution in [3.8, 4) is 0 Å². The van der Waals surface area contributed by atoms with Crippen molar-refractivity contribution in [2.45, 2.75) is 146 Å². The third kappa shape index (κ3) is 4.29. The Hall–Kier alpha value is -0.660. The van der Waals surface area contributed by atoms with Gasteiger partial charge in [0.15, 0.2) is 0 Å². The highest BCUT2D eigenvalue weighted by Crippen LogP contribution is 2.73. The van der Waals surface area contributed by atoms with Crippen LogP contribution in [0.15, 0.2) is 12.4 Å². The second-order valence-corrected chi connectivity index (χ2v) is 15.4. The third-order valence-electron chi connectivity index (χ3n) is 12.8. The maximum absolute atomic E-state index is 4.11. The van der Waals surface area contributed by atoms with E-state index in [-0.39, 0.29) is 5.54 Å². The molecule has 1 saturated heterocycles. The lowest BCUT2D eigenvalue weighted by molar-refractivity contribution is -0.217. The van der Waals surface area contributed by atoms with Crippen molar-refractivity contribution < 1.29 is 0 Å². The van der Waals surface area contributed by atoms with E-state index >= 15 is 0 Å². The van der Waals surface area contributed by atoms with Crippen LogP contribution in [0, 0.1) is 38.9 Å². The third-order valence-corrected chi connectivity index (χ3v) is 12.8. The average Bonchev–Trinajstić information content (AvgIpc) is 3.13. The van der Waals surface area contributed by atoms with Crippen LogP contribution in [0.3, 0.4) is 0 Å². The number of fused-ring (bicyclic) bond motifs is 1. The fraction of sp³-hybridized carbons (Fsp3) is 0.935. The predicted octanol–water partition coefficient (Wildman–Crippen LogP) is 8.68. The summed E-state index contributed by atoms with van der Waals surface area (Å²) in [5, 5.41) is 7.24. The van der Waals surface area contributed by atoms with E-state index in [2.05, 4.69) is 93.4 Å². The van der Waals surface area contributed by atoms with Crippen LogP contribution in [0.1, 0.15) is 134 Å². The van der Waals surface area contributed by atoms with Gasteiger partial charge in [0.05, 0.1) is 17.4 Å². The van der Waals surface area contributed by atoms with Gasteiger partial charge in [-0.15, -0.1) is 0 Å². The number of unbranched alkanes of at least 4 members (excludes halogenated alkanes) is 1. The molecular formula is C31H58N2. The Balaban J connectivity index is 1.49. The van der Waals surface area contributed by atoms with Gasteiger partial charge in [-0.25, -0.2) is 0 Å². The number of hydrogen-bond acceptors (Lipinski definition) is 2. The van der Waals surface area contributed by atoms with Crippen molar-refractivity contribution in [1.82, 2.24) is 10.6 Å². The van der Waals surface area contributed by atoms with E-state index in [4.69, 9.17) is 0 Å². The Bertz CT molecular complexity index is 729. The Morgan fingerprint density at radius 3 is 2.15 bits per heavy atom. The quantitative estimate of drug-likeness (QED) is 0.355. The van der Waals surface area contributed by atoms with Gasteiger partial charge in [-0.1, -0.05) is 101 Å². The molecule has 0 bridgehead atoms. The SMILES string of the molecule is C=C1N[C@@H]2C(CCCCC(C)CCC3(C)CC(C)(C)C(C)(C)C(C)(C)C3(C)C)CC[C@]2(C)N1. The minimum absolute atomic E-state index is 0.243. The normalized spacial score (nSPS) is 38.9. The molecule has 0 aromatic rings. The van der Waals surface area contributed by atoms with Crippen LogP contribution in [-0.4, -0.2) is 11.6 Å². The summed E-state index contributed by atoms with van der Waals surface area (Å²) in [6, 6.07) is 0.590. The van der Waals surface area contributed by atoms with Gasteiger partial charge in [-0.2, -0.15) is 0 Å². The minimum Gasteiger partial charge on any atom is -0.367 e. The van der Waals surface area contributed by atoms with Crippen molar-refractivity contribution in [3.05, 3.63) is 12.4 Å². The van der Waals surface area contributed by atoms with Crippen molar-refractivity contribution in [1.29, 1.82) is 0 Å². The number of hydrogen-bond donors (Lipinski definition) is 2. The zero-order valence-electron chi connectivity index (χ0n) is 24.3. The molecule has 2 N–H and O–H groups in total. The van der Waals surface area contributed by atoms with Crippen molar-refractivity contribution in [2.75, 3.05) is 0 Å². The zero-order chi connectivity index (χ0) is 25.1. The maximum atomic E-state index is 4.11. The standard InChI is InChI=1S/C31H58N2/c1-22(15-13-14-16-24-18-20-31(12)25(24)32-23(2)33-31)17-19-30(11)21-26(3,4)27(5,6)28(7,8)29(30,9)10/h22,24-25,32-33H,2,13-21H2,1,3-12H3/t22?,24?,25-,30?,31+/m1/s1. The molecule has 0 radical (unpaired) electrons. The first-order valence-corrected chi connectivity index (χ1v) is 14.1. The summed E-state index contributed by atoms with van der Waals surface area (Å²) < 4.78 is 0. The van der Waals surface area contributed by atoms with Crippen LogP contribution in [0.4, 0.5) is 0 Å². The molecule has 2 heteroatoms. The van der Waals surface area contributed by atoms with E-state index in [1.807, 2.05) is 0 Å². The first-order valence-electron chi connectivity index (χ1n) is 14.1. The van der Waals surface area contributed by atoms with Gasteiger partial charge in [-0.05, 0) is 77.9 Å². The number of nitrogens with one attached hydrogen (secondary N) is 2. The molecule has 0 spiro atoms. The molecule has 0 amide bonds. The van der Waals surface area contributed by atoms with Crippen LogP contribution in [0.5, 0.6) is 0 Å². The monoisotopic (exact) mass is 458 g/mol. The van der Waals surface area contributed by atoms with E-state index in [9.17, 15) is 0 Å². The highest BCUT2D eigenvalue weighted by atomic mass is 15.3. The summed E-state index contributed by atoms with van der Waals surface area (Å²) in [4.78, 5) is 0. The van der Waals surface area contributed by atoms with Crippen LogP contribution in [-0.2, 0) is 0 Å². The van der Waals surface area contributed by atoms with Crippen molar-refractivity contribution in [3.63, 3.8) is 0 Å². The molecule has 3 rings (SSSR count). The Kier molecular flexibility index (Phi) is 6.92. The molecule has 1 aliphatic heterocycles. The molecule has 2 aliphatic carbocycles. The molecule has 192 valence electrons. The molecule has 3 aliphatic rings. The molecule has 2 saturated carbocycles. The van der Waals surface area contributed by atoms with Gasteiger partial charge >= 0.3 is 0 Å². The summed E-state index contributed by atoms with van der Waals surface area (Å²) in [5.41, 5.74) is 1.92. The van der Waals surface area contributed by atoms with Crippen LogP contribution in [0.25, 0.3) is 0 Å². The lowest BCUT2D eigenvalue weighted by Crippen LogP contribution is -2.63. The van der Waals surface area contributed by atoms with Crippen LogP contribution < -0.4 is 10.6 Å². The predicted molar refractivity (Wildman–Crippen MR) is 145 cm³/mol. The summed E-state index contributed by atoms with van der Waals surface area (Å²) in [5.74, 6) is 2.68. The summed E-state index contributed by atoms with van der Waals surface area (Å²) in [6.45, 7) is 32.0. The van der Waals surface area contributed by atoms with Gasteiger partial charge in [0.2, 0.25) is 0 Å². The maximum Gasteiger partial charge on any atom is 0.0920 e. The van der Waals surface area contributed by atoms with E-state index in [1.165, 1.54) is 57.8 Å². The molecule has 0 aromatic carbocycles. The van der Waals surface area contributed by atoms with Gasteiger partial charge in [0.1, 0.15) is 0 Å². The van der Waals surface area contributed by atoms with Crippen LogP contribution in [0.2, 0.25) is 0 Å². The second kappa shape index (κ2) is 8.48. The molecule has 5 atom stereocenters. The minimum atomic E-state index is 0.243. The number of rotatable bonds is 8. The van der Waals surface area contributed by atoms with E-state index in [0.717, 1.165) is 17.7 Å². The highest BCUT2D eigenvalue weighted by molar-refractivity contribution is 5.18. The topological polar surface area (TPSA) is 24.1 Å². The highest BCUT2D eigenvalue weighted by Gasteiger charge is 2.65. The van der Waals surface area contributed by atoms with Gasteiger partial charge in [-0.3, -0.25) is 0 Å². The fourth-order valence-corrected chi connectivity index (χ4v) is 8.43. The Morgan fingerprint density at radius 1 is 0.879 bits per heavy atom. The van der Waals surface area contributed by atoms with E-state index in [0.29, 0.717) is 33.1 Å². The molecule has 3 fully saturated rings. The summed E-state index contributed by atoms with van der Waals surface area (Å²) >= 11 is 0. The van der Waals surface area contributed by atoms with Gasteiger partial charge in [0, 0.05) is 0 Å². The van der Waals surface area contributed by atoms with E-state index in [1.54, 1.807) is 0 Å². The fourth-order valence-electron chi connectivity index (χ4n) is 8.43. The Morgan fingerprint density at radius 2 is 1.52 bits per heavy atom. The lowest BCUT2D eigenvalue weighted by Gasteiger charge is -2.70. The molecule has 1 heterocycles. The van der Waals surface area contributed by atoms with Crippen LogP contribution >= 0.6 is 0 Å².